The summed E-state index contributed by atoms with van der Waals surface area (Å²) in [7, 11) is 0. The van der Waals surface area contributed by atoms with Gasteiger partial charge in [0.15, 0.2) is 11.6 Å². The highest BCUT2D eigenvalue weighted by Gasteiger charge is 2.52. The van der Waals surface area contributed by atoms with E-state index in [1.54, 1.807) is 0 Å². The number of primary amides is 1. The molecule has 0 radical (unpaired) electrons. The van der Waals surface area contributed by atoms with Gasteiger partial charge in [0.2, 0.25) is 11.8 Å². The Kier molecular flexibility index (Phi) is 4.58. The van der Waals surface area contributed by atoms with Crippen molar-refractivity contribution in [2.24, 2.45) is 17.6 Å². The average Bonchev–Trinajstić information content (AvgIpc) is 2.88. The van der Waals surface area contributed by atoms with Gasteiger partial charge in [-0.2, -0.15) is 13.2 Å². The van der Waals surface area contributed by atoms with E-state index in [2.05, 4.69) is 0 Å². The number of halogens is 5. The molecule has 2 amide bonds. The second kappa shape index (κ2) is 6.13. The van der Waals surface area contributed by atoms with Crippen LogP contribution >= 0.6 is 0 Å². The number of carbonyl (C=O) groups is 2. The molecule has 0 unspecified atom stereocenters. The van der Waals surface area contributed by atoms with Crippen LogP contribution in [0.3, 0.4) is 0 Å². The van der Waals surface area contributed by atoms with Crippen molar-refractivity contribution in [2.75, 3.05) is 13.1 Å². The minimum atomic E-state index is -4.66. The van der Waals surface area contributed by atoms with E-state index in [1.807, 2.05) is 0 Å². The zero-order chi connectivity index (χ0) is 17.4. The molecule has 1 heterocycles. The molecule has 0 saturated carbocycles. The van der Waals surface area contributed by atoms with Crippen molar-refractivity contribution in [1.82, 2.24) is 4.90 Å². The van der Waals surface area contributed by atoms with Gasteiger partial charge in [-0.05, 0) is 17.7 Å². The highest BCUT2D eigenvalue weighted by Crippen LogP contribution is 2.37. The Morgan fingerprint density at radius 2 is 1.83 bits per heavy atom. The summed E-state index contributed by atoms with van der Waals surface area (Å²) < 4.78 is 64.6. The predicted molar refractivity (Wildman–Crippen MR) is 68.9 cm³/mol. The Bertz CT molecular complexity index is 632. The number of carbonyl (C=O) groups excluding carboxylic acids is 2. The van der Waals surface area contributed by atoms with E-state index < -0.39 is 61.0 Å². The van der Waals surface area contributed by atoms with Gasteiger partial charge >= 0.3 is 6.18 Å². The van der Waals surface area contributed by atoms with Crippen molar-refractivity contribution in [3.05, 3.63) is 35.4 Å². The zero-order valence-corrected chi connectivity index (χ0v) is 11.7. The standard InChI is InChI=1S/C14H13F5N2O2/c15-10-2-1-7(3-11(10)16)4-12(22)21-5-8(13(20)23)9(6-21)14(17,18)19/h1-3,8-9H,4-6H2,(H2,20,23)/t8-,9-/m1/s1. The van der Waals surface area contributed by atoms with E-state index in [-0.39, 0.29) is 5.56 Å². The molecule has 1 aromatic rings. The molecule has 4 nitrogen and oxygen atoms in total. The first-order valence-corrected chi connectivity index (χ1v) is 6.67. The average molecular weight is 336 g/mol. The number of likely N-dealkylation sites (tertiary alicyclic amines) is 1. The normalized spacial score (nSPS) is 21.5. The Morgan fingerprint density at radius 3 is 2.30 bits per heavy atom. The Balaban J connectivity index is 2.11. The molecule has 0 bridgehead atoms. The van der Waals surface area contributed by atoms with Gasteiger partial charge in [-0.15, -0.1) is 0 Å². The molecule has 2 N–H and O–H groups in total. The van der Waals surface area contributed by atoms with E-state index >= 15 is 0 Å². The number of amides is 2. The van der Waals surface area contributed by atoms with E-state index in [9.17, 15) is 31.5 Å². The van der Waals surface area contributed by atoms with Gasteiger partial charge in [0, 0.05) is 13.1 Å². The van der Waals surface area contributed by atoms with Crippen LogP contribution in [0.4, 0.5) is 22.0 Å². The Hall–Kier alpha value is -2.19. The van der Waals surface area contributed by atoms with Crippen molar-refractivity contribution >= 4 is 11.8 Å². The van der Waals surface area contributed by atoms with Crippen molar-refractivity contribution in [1.29, 1.82) is 0 Å². The molecule has 0 aromatic heterocycles. The molecule has 23 heavy (non-hydrogen) atoms. The third-order valence-corrected chi connectivity index (χ3v) is 3.80. The van der Waals surface area contributed by atoms with Crippen LogP contribution in [-0.2, 0) is 16.0 Å². The van der Waals surface area contributed by atoms with Crippen LogP contribution in [0, 0.1) is 23.5 Å². The number of hydrogen-bond donors (Lipinski definition) is 1. The summed E-state index contributed by atoms with van der Waals surface area (Å²) in [4.78, 5) is 24.1. The van der Waals surface area contributed by atoms with Crippen LogP contribution < -0.4 is 5.73 Å². The lowest BCUT2D eigenvalue weighted by atomic mass is 9.95. The van der Waals surface area contributed by atoms with Crippen LogP contribution in [0.2, 0.25) is 0 Å². The van der Waals surface area contributed by atoms with Crippen LogP contribution in [-0.4, -0.2) is 36.0 Å². The molecule has 0 spiro atoms. The SMILES string of the molecule is NC(=O)[C@@H]1CN(C(=O)Cc2ccc(F)c(F)c2)C[C@H]1C(F)(F)F. The highest BCUT2D eigenvalue weighted by molar-refractivity contribution is 5.82. The first kappa shape index (κ1) is 17.2. The second-order valence-corrected chi connectivity index (χ2v) is 5.38. The summed E-state index contributed by atoms with van der Waals surface area (Å²) in [6, 6.07) is 2.79. The molecule has 2 atom stereocenters. The number of nitrogens with zero attached hydrogens (tertiary/aromatic N) is 1. The van der Waals surface area contributed by atoms with Gasteiger partial charge in [-0.3, -0.25) is 9.59 Å². The van der Waals surface area contributed by atoms with E-state index in [0.717, 1.165) is 17.0 Å². The Labute approximate surface area is 128 Å². The third-order valence-electron chi connectivity index (χ3n) is 3.80. The zero-order valence-electron chi connectivity index (χ0n) is 11.7. The first-order valence-electron chi connectivity index (χ1n) is 6.67. The van der Waals surface area contributed by atoms with Crippen molar-refractivity contribution in [3.63, 3.8) is 0 Å². The molecule has 1 aromatic carbocycles. The van der Waals surface area contributed by atoms with Crippen molar-refractivity contribution < 1.29 is 31.5 Å². The summed E-state index contributed by atoms with van der Waals surface area (Å²) >= 11 is 0. The van der Waals surface area contributed by atoms with Crippen LogP contribution in [0.25, 0.3) is 0 Å². The fraction of sp³-hybridized carbons (Fsp3) is 0.429. The number of alkyl halides is 3. The minimum absolute atomic E-state index is 0.125. The summed E-state index contributed by atoms with van der Waals surface area (Å²) in [6.45, 7) is -1.12. The topological polar surface area (TPSA) is 63.4 Å². The number of rotatable bonds is 3. The van der Waals surface area contributed by atoms with Gasteiger partial charge in [-0.1, -0.05) is 6.07 Å². The smallest absolute Gasteiger partial charge is 0.369 e. The van der Waals surface area contributed by atoms with Crippen molar-refractivity contribution in [3.8, 4) is 0 Å². The van der Waals surface area contributed by atoms with Crippen molar-refractivity contribution in [2.45, 2.75) is 12.6 Å². The highest BCUT2D eigenvalue weighted by atomic mass is 19.4. The number of hydrogen-bond acceptors (Lipinski definition) is 2. The quantitative estimate of drug-likeness (QED) is 0.853. The molecule has 1 aliphatic rings. The second-order valence-electron chi connectivity index (χ2n) is 5.38. The molecule has 126 valence electrons. The summed E-state index contributed by atoms with van der Waals surface area (Å²) in [5.41, 5.74) is 5.09. The fourth-order valence-corrected chi connectivity index (χ4v) is 2.56. The summed E-state index contributed by atoms with van der Waals surface area (Å²) in [5, 5.41) is 0. The maximum absolute atomic E-state index is 13.1. The molecular weight excluding hydrogens is 323 g/mol. The predicted octanol–water partition coefficient (Wildman–Crippen LogP) is 1.63. The molecule has 1 saturated heterocycles. The molecule has 1 fully saturated rings. The number of nitrogens with two attached hydrogens (primary N) is 1. The molecule has 9 heteroatoms. The van der Waals surface area contributed by atoms with E-state index in [1.165, 1.54) is 6.07 Å². The van der Waals surface area contributed by atoms with E-state index in [0.29, 0.717) is 0 Å². The number of benzene rings is 1. The fourth-order valence-electron chi connectivity index (χ4n) is 2.56. The summed E-state index contributed by atoms with van der Waals surface area (Å²) in [6.07, 6.45) is -5.05. The molecule has 1 aliphatic heterocycles. The van der Waals surface area contributed by atoms with Gasteiger partial charge in [0.05, 0.1) is 18.3 Å². The monoisotopic (exact) mass is 336 g/mol. The van der Waals surface area contributed by atoms with Crippen LogP contribution in [0.1, 0.15) is 5.56 Å². The maximum atomic E-state index is 13.1. The lowest BCUT2D eigenvalue weighted by Gasteiger charge is -2.18. The van der Waals surface area contributed by atoms with Crippen LogP contribution in [0.15, 0.2) is 18.2 Å². The van der Waals surface area contributed by atoms with Gasteiger partial charge < -0.3 is 10.6 Å². The molecular formula is C14H13F5N2O2. The lowest BCUT2D eigenvalue weighted by molar-refractivity contribution is -0.182. The van der Waals surface area contributed by atoms with Gasteiger partial charge in [-0.25, -0.2) is 8.78 Å². The Morgan fingerprint density at radius 1 is 1.17 bits per heavy atom. The lowest BCUT2D eigenvalue weighted by Crippen LogP contribution is -2.37. The third kappa shape index (κ3) is 3.77. The largest absolute Gasteiger partial charge is 0.394 e. The van der Waals surface area contributed by atoms with Crippen LogP contribution in [0.5, 0.6) is 0 Å². The molecule has 2 rings (SSSR count). The van der Waals surface area contributed by atoms with E-state index in [4.69, 9.17) is 5.73 Å². The first-order chi connectivity index (χ1) is 10.6. The maximum Gasteiger partial charge on any atom is 0.394 e. The van der Waals surface area contributed by atoms with Gasteiger partial charge in [0.25, 0.3) is 0 Å². The molecule has 0 aliphatic carbocycles. The summed E-state index contributed by atoms with van der Waals surface area (Å²) in [5.74, 6) is -7.62. The van der Waals surface area contributed by atoms with Gasteiger partial charge in [0.1, 0.15) is 0 Å². The minimum Gasteiger partial charge on any atom is -0.369 e.